The molecule has 1 heterocycles. The number of halogens is 1. The fourth-order valence-corrected chi connectivity index (χ4v) is 2.05. The molecule has 84 valence electrons. The Morgan fingerprint density at radius 2 is 2.00 bits per heavy atom. The minimum absolute atomic E-state index is 0.0684. The number of hydrogen-bond donors (Lipinski definition) is 2. The Morgan fingerprint density at radius 1 is 1.31 bits per heavy atom. The Labute approximate surface area is 101 Å². The van der Waals surface area contributed by atoms with Gasteiger partial charge in [-0.2, -0.15) is 0 Å². The van der Waals surface area contributed by atoms with Crippen molar-refractivity contribution >= 4 is 15.9 Å². The molecule has 0 saturated carbocycles. The molecule has 2 rings (SSSR count). The van der Waals surface area contributed by atoms with Gasteiger partial charge in [0.1, 0.15) is 4.47 Å². The van der Waals surface area contributed by atoms with Crippen LogP contribution in [0.25, 0.3) is 11.3 Å². The van der Waals surface area contributed by atoms with Gasteiger partial charge < -0.3 is 5.11 Å². The second-order valence-corrected chi connectivity index (χ2v) is 4.14. The Kier molecular flexibility index (Phi) is 3.26. The molecule has 0 unspecified atom stereocenters. The largest absolute Gasteiger partial charge is 0.394 e. The average Bonchev–Trinajstić information content (AvgIpc) is 2.59. The van der Waals surface area contributed by atoms with Crippen LogP contribution in [0.5, 0.6) is 0 Å². The van der Waals surface area contributed by atoms with E-state index in [4.69, 9.17) is 5.11 Å². The first-order valence-electron chi connectivity index (χ1n) is 4.88. The van der Waals surface area contributed by atoms with Crippen molar-refractivity contribution in [1.82, 2.24) is 9.78 Å². The number of aromatic nitrogens is 2. The first-order valence-corrected chi connectivity index (χ1v) is 5.68. The van der Waals surface area contributed by atoms with Crippen molar-refractivity contribution in [2.45, 2.75) is 6.54 Å². The fourth-order valence-electron chi connectivity index (χ4n) is 1.51. The highest BCUT2D eigenvalue weighted by atomic mass is 79.9. The number of aromatic amines is 1. The molecule has 0 aliphatic rings. The molecule has 5 heteroatoms. The summed E-state index contributed by atoms with van der Waals surface area (Å²) in [6.45, 7) is 0.200. The zero-order chi connectivity index (χ0) is 11.5. The smallest absolute Gasteiger partial charge is 0.281 e. The fraction of sp³-hybridized carbons (Fsp3) is 0.182. The molecule has 0 atom stereocenters. The SMILES string of the molecule is O=c1c(Br)c(-c2ccccc2)[nH]n1CCO. The third-order valence-electron chi connectivity index (χ3n) is 2.29. The summed E-state index contributed by atoms with van der Waals surface area (Å²) in [6.07, 6.45) is 0. The summed E-state index contributed by atoms with van der Waals surface area (Å²) in [4.78, 5) is 11.7. The Hall–Kier alpha value is -1.33. The molecule has 1 aromatic carbocycles. The molecule has 0 saturated heterocycles. The Morgan fingerprint density at radius 3 is 2.62 bits per heavy atom. The minimum atomic E-state index is -0.159. The van der Waals surface area contributed by atoms with Crippen LogP contribution < -0.4 is 5.56 Å². The van der Waals surface area contributed by atoms with Crippen LogP contribution in [0.3, 0.4) is 0 Å². The maximum absolute atomic E-state index is 11.7. The van der Waals surface area contributed by atoms with E-state index in [1.165, 1.54) is 4.68 Å². The second kappa shape index (κ2) is 4.67. The number of aliphatic hydroxyl groups excluding tert-OH is 1. The van der Waals surface area contributed by atoms with Gasteiger partial charge in [-0.25, -0.2) is 4.68 Å². The lowest BCUT2D eigenvalue weighted by Gasteiger charge is -1.99. The summed E-state index contributed by atoms with van der Waals surface area (Å²) in [5, 5.41) is 11.8. The van der Waals surface area contributed by atoms with Gasteiger partial charge in [0, 0.05) is 5.56 Å². The monoisotopic (exact) mass is 282 g/mol. The summed E-state index contributed by atoms with van der Waals surface area (Å²) in [7, 11) is 0. The van der Waals surface area contributed by atoms with E-state index in [0.717, 1.165) is 11.3 Å². The second-order valence-electron chi connectivity index (χ2n) is 3.35. The molecular weight excluding hydrogens is 272 g/mol. The number of nitrogens with zero attached hydrogens (tertiary/aromatic N) is 1. The summed E-state index contributed by atoms with van der Waals surface area (Å²) in [5.74, 6) is 0. The van der Waals surface area contributed by atoms with E-state index >= 15 is 0 Å². The highest BCUT2D eigenvalue weighted by Crippen LogP contribution is 2.22. The molecule has 2 aromatic rings. The maximum Gasteiger partial charge on any atom is 0.281 e. The topological polar surface area (TPSA) is 58.0 Å². The molecule has 16 heavy (non-hydrogen) atoms. The predicted molar refractivity (Wildman–Crippen MR) is 65.3 cm³/mol. The summed E-state index contributed by atoms with van der Waals surface area (Å²) >= 11 is 3.26. The van der Waals surface area contributed by atoms with E-state index in [9.17, 15) is 4.79 Å². The van der Waals surface area contributed by atoms with Crippen molar-refractivity contribution in [2.24, 2.45) is 0 Å². The van der Waals surface area contributed by atoms with Gasteiger partial charge in [-0.05, 0) is 15.9 Å². The molecule has 0 spiro atoms. The lowest BCUT2D eigenvalue weighted by atomic mass is 10.2. The molecule has 0 fully saturated rings. The number of benzene rings is 1. The zero-order valence-electron chi connectivity index (χ0n) is 8.48. The lowest BCUT2D eigenvalue weighted by molar-refractivity contribution is 0.267. The Balaban J connectivity index is 2.51. The van der Waals surface area contributed by atoms with Crippen LogP contribution in [0.2, 0.25) is 0 Å². The molecule has 0 aliphatic carbocycles. The van der Waals surface area contributed by atoms with Crippen molar-refractivity contribution in [2.75, 3.05) is 6.61 Å². The Bertz CT molecular complexity index is 531. The molecule has 0 bridgehead atoms. The number of rotatable bonds is 3. The van der Waals surface area contributed by atoms with E-state index in [1.807, 2.05) is 30.3 Å². The molecule has 0 amide bonds. The van der Waals surface area contributed by atoms with E-state index in [0.29, 0.717) is 4.47 Å². The first kappa shape index (κ1) is 11.2. The highest BCUT2D eigenvalue weighted by Gasteiger charge is 2.12. The van der Waals surface area contributed by atoms with Gasteiger partial charge in [0.15, 0.2) is 0 Å². The van der Waals surface area contributed by atoms with Crippen molar-refractivity contribution in [3.8, 4) is 11.3 Å². The van der Waals surface area contributed by atoms with E-state index in [2.05, 4.69) is 21.0 Å². The summed E-state index contributed by atoms with van der Waals surface area (Å²) in [5.41, 5.74) is 1.51. The van der Waals surface area contributed by atoms with Gasteiger partial charge >= 0.3 is 0 Å². The van der Waals surface area contributed by atoms with Crippen LogP contribution in [0.15, 0.2) is 39.6 Å². The number of aliphatic hydroxyl groups is 1. The quantitative estimate of drug-likeness (QED) is 0.899. The van der Waals surface area contributed by atoms with Gasteiger partial charge in [0.2, 0.25) is 0 Å². The normalized spacial score (nSPS) is 10.6. The molecule has 1 aromatic heterocycles. The maximum atomic E-state index is 11.7. The van der Waals surface area contributed by atoms with Gasteiger partial charge in [-0.15, -0.1) is 0 Å². The third-order valence-corrected chi connectivity index (χ3v) is 3.02. The van der Waals surface area contributed by atoms with Crippen LogP contribution in [-0.4, -0.2) is 21.5 Å². The molecule has 2 N–H and O–H groups in total. The van der Waals surface area contributed by atoms with Crippen molar-refractivity contribution in [1.29, 1.82) is 0 Å². The number of H-pyrrole nitrogens is 1. The van der Waals surface area contributed by atoms with Gasteiger partial charge in [-0.1, -0.05) is 30.3 Å². The lowest BCUT2D eigenvalue weighted by Crippen LogP contribution is -2.18. The summed E-state index contributed by atoms with van der Waals surface area (Å²) < 4.78 is 1.87. The first-order chi connectivity index (χ1) is 7.74. The van der Waals surface area contributed by atoms with Gasteiger partial charge in [0.25, 0.3) is 5.56 Å². The summed E-state index contributed by atoms with van der Waals surface area (Å²) in [6, 6.07) is 9.56. The van der Waals surface area contributed by atoms with Crippen LogP contribution in [0.1, 0.15) is 0 Å². The highest BCUT2D eigenvalue weighted by molar-refractivity contribution is 9.10. The number of hydrogen-bond acceptors (Lipinski definition) is 2. The van der Waals surface area contributed by atoms with E-state index < -0.39 is 0 Å². The number of nitrogens with one attached hydrogen (secondary N) is 1. The van der Waals surface area contributed by atoms with Crippen LogP contribution >= 0.6 is 15.9 Å². The zero-order valence-corrected chi connectivity index (χ0v) is 10.1. The van der Waals surface area contributed by atoms with Crippen molar-refractivity contribution in [3.05, 3.63) is 45.2 Å². The van der Waals surface area contributed by atoms with Crippen LogP contribution in [0.4, 0.5) is 0 Å². The van der Waals surface area contributed by atoms with Crippen LogP contribution in [-0.2, 0) is 6.54 Å². The van der Waals surface area contributed by atoms with Gasteiger partial charge in [-0.3, -0.25) is 9.89 Å². The average molecular weight is 283 g/mol. The minimum Gasteiger partial charge on any atom is -0.394 e. The van der Waals surface area contributed by atoms with Crippen molar-refractivity contribution < 1.29 is 5.11 Å². The molecule has 0 aliphatic heterocycles. The van der Waals surface area contributed by atoms with Crippen LogP contribution in [0, 0.1) is 0 Å². The molecular formula is C11H11BrN2O2. The predicted octanol–water partition coefficient (Wildman–Crippen LogP) is 1.60. The van der Waals surface area contributed by atoms with Crippen molar-refractivity contribution in [3.63, 3.8) is 0 Å². The third kappa shape index (κ3) is 1.96. The molecule has 4 nitrogen and oxygen atoms in total. The molecule has 0 radical (unpaired) electrons. The van der Waals surface area contributed by atoms with E-state index in [1.54, 1.807) is 0 Å². The van der Waals surface area contributed by atoms with E-state index in [-0.39, 0.29) is 18.7 Å². The van der Waals surface area contributed by atoms with Gasteiger partial charge in [0.05, 0.1) is 18.8 Å². The standard InChI is InChI=1S/C11H11BrN2O2/c12-9-10(8-4-2-1-3-5-8)13-14(6-7-15)11(9)16/h1-5,13,15H,6-7H2.